The number of fused-ring (bicyclic) bond motifs is 1. The Hall–Kier alpha value is -2.39. The van der Waals surface area contributed by atoms with E-state index in [9.17, 15) is 0 Å². The van der Waals surface area contributed by atoms with Crippen LogP contribution < -0.4 is 5.32 Å². The van der Waals surface area contributed by atoms with E-state index in [4.69, 9.17) is 4.74 Å². The van der Waals surface area contributed by atoms with Gasteiger partial charge in [-0.3, -0.25) is 4.98 Å². The van der Waals surface area contributed by atoms with Crippen molar-refractivity contribution in [3.63, 3.8) is 0 Å². The van der Waals surface area contributed by atoms with Gasteiger partial charge in [-0.25, -0.2) is 0 Å². The molecule has 0 aliphatic heterocycles. The van der Waals surface area contributed by atoms with Crippen molar-refractivity contribution in [3.05, 3.63) is 72.1 Å². The Kier molecular flexibility index (Phi) is 4.12. The van der Waals surface area contributed by atoms with Crippen LogP contribution in [0.1, 0.15) is 11.1 Å². The maximum Gasteiger partial charge on any atom is 0.0713 e. The molecule has 0 saturated heterocycles. The molecule has 2 aromatic carbocycles. The molecule has 0 spiro atoms. The molecule has 21 heavy (non-hydrogen) atoms. The van der Waals surface area contributed by atoms with Crippen molar-refractivity contribution >= 4 is 16.5 Å². The highest BCUT2D eigenvalue weighted by molar-refractivity contribution is 5.93. The summed E-state index contributed by atoms with van der Waals surface area (Å²) in [4.78, 5) is 4.16. The molecule has 0 aliphatic rings. The molecule has 0 saturated carbocycles. The van der Waals surface area contributed by atoms with E-state index in [0.29, 0.717) is 6.61 Å². The van der Waals surface area contributed by atoms with Gasteiger partial charge in [0.1, 0.15) is 0 Å². The second kappa shape index (κ2) is 6.37. The number of pyridine rings is 1. The van der Waals surface area contributed by atoms with Gasteiger partial charge in [-0.15, -0.1) is 0 Å². The van der Waals surface area contributed by atoms with Crippen molar-refractivity contribution in [2.75, 3.05) is 12.4 Å². The number of benzene rings is 2. The number of ether oxygens (including phenoxy) is 1. The predicted octanol–water partition coefficient (Wildman–Crippen LogP) is 3.99. The van der Waals surface area contributed by atoms with Crippen LogP contribution in [-0.2, 0) is 17.9 Å². The monoisotopic (exact) mass is 278 g/mol. The third-order valence-electron chi connectivity index (χ3n) is 3.50. The van der Waals surface area contributed by atoms with E-state index in [1.54, 1.807) is 7.11 Å². The van der Waals surface area contributed by atoms with Crippen molar-refractivity contribution in [3.8, 4) is 0 Å². The SMILES string of the molecule is COCc1ccc(CNc2cccc3cnccc23)cc1. The topological polar surface area (TPSA) is 34.1 Å². The summed E-state index contributed by atoms with van der Waals surface area (Å²) >= 11 is 0. The van der Waals surface area contributed by atoms with Crippen LogP contribution in [0.25, 0.3) is 10.8 Å². The van der Waals surface area contributed by atoms with E-state index in [2.05, 4.69) is 46.7 Å². The average molecular weight is 278 g/mol. The lowest BCUT2D eigenvalue weighted by Gasteiger charge is -2.10. The molecule has 3 heteroatoms. The van der Waals surface area contributed by atoms with Crippen molar-refractivity contribution < 1.29 is 4.74 Å². The number of hydrogen-bond acceptors (Lipinski definition) is 3. The van der Waals surface area contributed by atoms with Gasteiger partial charge in [0.25, 0.3) is 0 Å². The lowest BCUT2D eigenvalue weighted by Crippen LogP contribution is -2.00. The smallest absolute Gasteiger partial charge is 0.0713 e. The normalized spacial score (nSPS) is 10.7. The van der Waals surface area contributed by atoms with E-state index >= 15 is 0 Å². The van der Waals surface area contributed by atoms with E-state index in [0.717, 1.165) is 17.6 Å². The predicted molar refractivity (Wildman–Crippen MR) is 86.2 cm³/mol. The number of methoxy groups -OCH3 is 1. The summed E-state index contributed by atoms with van der Waals surface area (Å²) in [6, 6.07) is 16.7. The van der Waals surface area contributed by atoms with E-state index in [1.165, 1.54) is 16.5 Å². The highest BCUT2D eigenvalue weighted by atomic mass is 16.5. The molecule has 0 amide bonds. The van der Waals surface area contributed by atoms with Crippen molar-refractivity contribution in [1.29, 1.82) is 0 Å². The van der Waals surface area contributed by atoms with Crippen LogP contribution in [0.15, 0.2) is 60.9 Å². The molecule has 1 aromatic heterocycles. The molecule has 0 fully saturated rings. The number of aromatic nitrogens is 1. The standard InChI is InChI=1S/C18H18N2O/c1-21-13-15-7-5-14(6-8-15)11-20-18-4-2-3-16-12-19-10-9-17(16)18/h2-10,12,20H,11,13H2,1H3. The first-order valence-corrected chi connectivity index (χ1v) is 7.00. The fourth-order valence-corrected chi connectivity index (χ4v) is 2.39. The Morgan fingerprint density at radius 2 is 1.81 bits per heavy atom. The number of anilines is 1. The first-order valence-electron chi connectivity index (χ1n) is 7.00. The molecule has 3 rings (SSSR count). The molecule has 0 unspecified atom stereocenters. The highest BCUT2D eigenvalue weighted by Gasteiger charge is 2.00. The largest absolute Gasteiger partial charge is 0.380 e. The fourth-order valence-electron chi connectivity index (χ4n) is 2.39. The van der Waals surface area contributed by atoms with Crippen molar-refractivity contribution in [1.82, 2.24) is 4.98 Å². The Morgan fingerprint density at radius 3 is 2.62 bits per heavy atom. The summed E-state index contributed by atoms with van der Waals surface area (Å²) in [6.07, 6.45) is 3.72. The number of hydrogen-bond donors (Lipinski definition) is 1. The number of rotatable bonds is 5. The molecule has 1 N–H and O–H groups in total. The second-order valence-corrected chi connectivity index (χ2v) is 5.01. The van der Waals surface area contributed by atoms with Gasteiger partial charge >= 0.3 is 0 Å². The van der Waals surface area contributed by atoms with E-state index < -0.39 is 0 Å². The molecular weight excluding hydrogens is 260 g/mol. The minimum absolute atomic E-state index is 0.657. The minimum atomic E-state index is 0.657. The number of nitrogens with one attached hydrogen (secondary N) is 1. The van der Waals surface area contributed by atoms with Crippen LogP contribution in [0.2, 0.25) is 0 Å². The van der Waals surface area contributed by atoms with Crippen molar-refractivity contribution in [2.24, 2.45) is 0 Å². The molecule has 106 valence electrons. The van der Waals surface area contributed by atoms with Crippen LogP contribution in [0.3, 0.4) is 0 Å². The zero-order chi connectivity index (χ0) is 14.5. The summed E-state index contributed by atoms with van der Waals surface area (Å²) in [5.41, 5.74) is 3.58. The van der Waals surface area contributed by atoms with Gasteiger partial charge in [0.05, 0.1) is 6.61 Å². The van der Waals surface area contributed by atoms with Crippen LogP contribution in [0.4, 0.5) is 5.69 Å². The van der Waals surface area contributed by atoms with Gasteiger partial charge in [-0.2, -0.15) is 0 Å². The Morgan fingerprint density at radius 1 is 1.00 bits per heavy atom. The Balaban J connectivity index is 1.74. The van der Waals surface area contributed by atoms with Crippen LogP contribution >= 0.6 is 0 Å². The third kappa shape index (κ3) is 3.20. The first kappa shape index (κ1) is 13.6. The summed E-state index contributed by atoms with van der Waals surface area (Å²) in [7, 11) is 1.71. The van der Waals surface area contributed by atoms with Gasteiger partial charge in [0.2, 0.25) is 0 Å². The molecule has 1 heterocycles. The second-order valence-electron chi connectivity index (χ2n) is 5.01. The lowest BCUT2D eigenvalue weighted by atomic mass is 10.1. The summed E-state index contributed by atoms with van der Waals surface area (Å²) in [5.74, 6) is 0. The van der Waals surface area contributed by atoms with Crippen LogP contribution in [0.5, 0.6) is 0 Å². The van der Waals surface area contributed by atoms with Crippen molar-refractivity contribution in [2.45, 2.75) is 13.2 Å². The lowest BCUT2D eigenvalue weighted by molar-refractivity contribution is 0.185. The van der Waals surface area contributed by atoms with E-state index in [-0.39, 0.29) is 0 Å². The molecule has 0 bridgehead atoms. The Labute approximate surface area is 124 Å². The van der Waals surface area contributed by atoms with Crippen LogP contribution in [-0.4, -0.2) is 12.1 Å². The molecule has 3 nitrogen and oxygen atoms in total. The molecule has 0 radical (unpaired) electrons. The maximum atomic E-state index is 5.12. The minimum Gasteiger partial charge on any atom is -0.380 e. The zero-order valence-corrected chi connectivity index (χ0v) is 12.0. The van der Waals surface area contributed by atoms with Gasteiger partial charge < -0.3 is 10.1 Å². The molecule has 0 aliphatic carbocycles. The zero-order valence-electron chi connectivity index (χ0n) is 12.0. The number of nitrogens with zero attached hydrogens (tertiary/aromatic N) is 1. The van der Waals surface area contributed by atoms with E-state index in [1.807, 2.05) is 24.5 Å². The van der Waals surface area contributed by atoms with Gasteiger partial charge in [0.15, 0.2) is 0 Å². The fraction of sp³-hybridized carbons (Fsp3) is 0.167. The summed E-state index contributed by atoms with van der Waals surface area (Å²) in [5, 5.41) is 5.84. The molecular formula is C18H18N2O. The molecule has 0 atom stereocenters. The van der Waals surface area contributed by atoms with Gasteiger partial charge in [-0.05, 0) is 23.3 Å². The summed E-state index contributed by atoms with van der Waals surface area (Å²) in [6.45, 7) is 1.46. The quantitative estimate of drug-likeness (QED) is 0.766. The first-order chi connectivity index (χ1) is 10.4. The van der Waals surface area contributed by atoms with Crippen LogP contribution in [0, 0.1) is 0 Å². The molecule has 3 aromatic rings. The maximum absolute atomic E-state index is 5.12. The summed E-state index contributed by atoms with van der Waals surface area (Å²) < 4.78 is 5.12. The van der Waals surface area contributed by atoms with Gasteiger partial charge in [-0.1, -0.05) is 36.4 Å². The highest BCUT2D eigenvalue weighted by Crippen LogP contribution is 2.22. The Bertz CT molecular complexity index is 717. The third-order valence-corrected chi connectivity index (χ3v) is 3.50. The average Bonchev–Trinajstić information content (AvgIpc) is 2.54. The van der Waals surface area contributed by atoms with Gasteiger partial charge in [0, 0.05) is 42.5 Å².